The molecule has 5 nitrogen and oxygen atoms in total. The van der Waals surface area contributed by atoms with E-state index in [0.29, 0.717) is 29.5 Å². The van der Waals surface area contributed by atoms with E-state index in [-0.39, 0.29) is 16.5 Å². The van der Waals surface area contributed by atoms with Gasteiger partial charge in [-0.2, -0.15) is 13.2 Å². The molecule has 0 radical (unpaired) electrons. The Morgan fingerprint density at radius 2 is 2.17 bits per heavy atom. The van der Waals surface area contributed by atoms with E-state index >= 15 is 0 Å². The Balaban J connectivity index is 1.98. The van der Waals surface area contributed by atoms with Crippen molar-refractivity contribution in [3.8, 4) is 11.3 Å². The van der Waals surface area contributed by atoms with Gasteiger partial charge in [0, 0.05) is 37.6 Å². The molecule has 0 saturated carbocycles. The highest BCUT2D eigenvalue weighted by molar-refractivity contribution is 7.16. The third-order valence-corrected chi connectivity index (χ3v) is 6.41. The van der Waals surface area contributed by atoms with E-state index in [1.165, 1.54) is 30.4 Å². The monoisotopic (exact) mass is 461 g/mol. The zero-order valence-corrected chi connectivity index (χ0v) is 18.5. The van der Waals surface area contributed by atoms with Gasteiger partial charge in [-0.1, -0.05) is 29.0 Å². The fourth-order valence-corrected chi connectivity index (χ4v) is 4.89. The Hall–Kier alpha value is -1.68. The molecule has 1 aliphatic rings. The number of ether oxygens (including phenoxy) is 1. The molecular weight excluding hydrogens is 439 g/mol. The maximum Gasteiger partial charge on any atom is 0.417 e. The van der Waals surface area contributed by atoms with Gasteiger partial charge in [-0.15, -0.1) is 0 Å². The van der Waals surface area contributed by atoms with Crippen LogP contribution in [0.4, 0.5) is 18.3 Å². The third kappa shape index (κ3) is 5.32. The van der Waals surface area contributed by atoms with E-state index in [2.05, 4.69) is 15.2 Å². The molecule has 1 amide bonds. The number of methoxy groups -OCH3 is 1. The average Bonchev–Trinajstić information content (AvgIpc) is 3.02. The molecule has 1 unspecified atom stereocenters. The van der Waals surface area contributed by atoms with E-state index in [0.717, 1.165) is 30.3 Å². The molecule has 1 N–H and O–H groups in total. The van der Waals surface area contributed by atoms with Crippen LogP contribution in [0, 0.1) is 0 Å². The fraction of sp³-hybridized carbons (Fsp3) is 0.500. The van der Waals surface area contributed by atoms with Crippen molar-refractivity contribution in [1.29, 1.82) is 0 Å². The zero-order valence-electron chi connectivity index (χ0n) is 16.9. The molecule has 1 aromatic carbocycles. The number of nitrogens with one attached hydrogen (secondary N) is 1. The molecule has 1 aliphatic heterocycles. The summed E-state index contributed by atoms with van der Waals surface area (Å²) in [6, 6.07) is 3.75. The van der Waals surface area contributed by atoms with E-state index in [4.69, 9.17) is 16.3 Å². The van der Waals surface area contributed by atoms with Crippen molar-refractivity contribution in [1.82, 2.24) is 9.88 Å². The molecule has 1 fully saturated rings. The van der Waals surface area contributed by atoms with Crippen molar-refractivity contribution >= 4 is 34.0 Å². The lowest BCUT2D eigenvalue weighted by Crippen LogP contribution is -2.46. The van der Waals surface area contributed by atoms with Gasteiger partial charge in [-0.05, 0) is 38.4 Å². The number of amides is 1. The first-order valence-electron chi connectivity index (χ1n) is 9.43. The molecule has 0 spiro atoms. The van der Waals surface area contributed by atoms with Gasteiger partial charge in [-0.3, -0.25) is 9.69 Å². The lowest BCUT2D eigenvalue weighted by molar-refractivity contribution is -0.137. The molecule has 1 aromatic heterocycles. The van der Waals surface area contributed by atoms with Crippen LogP contribution in [0.5, 0.6) is 0 Å². The third-order valence-electron chi connectivity index (χ3n) is 5.12. The van der Waals surface area contributed by atoms with Crippen molar-refractivity contribution in [3.05, 3.63) is 33.7 Å². The summed E-state index contributed by atoms with van der Waals surface area (Å²) in [5, 5.41) is 2.62. The number of carbonyl (C=O) groups is 1. The molecular formula is C20H23ClF3N3O2S. The lowest BCUT2D eigenvalue weighted by atomic mass is 9.94. The highest BCUT2D eigenvalue weighted by atomic mass is 35.5. The van der Waals surface area contributed by atoms with E-state index in [1.807, 2.05) is 6.92 Å². The SMILES string of the molecule is COC1(C)CCCN(Cc2sc(NC(C)=O)nc2-c2ccc(Cl)c(C(F)(F)F)c2)C1. The van der Waals surface area contributed by atoms with Crippen molar-refractivity contribution in [2.24, 2.45) is 0 Å². The molecule has 2 aromatic rings. The number of carbonyl (C=O) groups excluding carboxylic acids is 1. The first-order valence-corrected chi connectivity index (χ1v) is 10.6. The van der Waals surface area contributed by atoms with Gasteiger partial charge < -0.3 is 10.1 Å². The van der Waals surface area contributed by atoms with Crippen LogP contribution in [0.1, 0.15) is 37.1 Å². The molecule has 164 valence electrons. The first kappa shape index (κ1) is 23.0. The summed E-state index contributed by atoms with van der Waals surface area (Å²) in [6.07, 6.45) is -2.67. The predicted octanol–water partition coefficient (Wildman–Crippen LogP) is 5.44. The van der Waals surface area contributed by atoms with Crippen molar-refractivity contribution in [2.45, 2.75) is 45.0 Å². The number of piperidine rings is 1. The number of aromatic nitrogens is 1. The number of benzene rings is 1. The molecule has 0 bridgehead atoms. The van der Waals surface area contributed by atoms with Gasteiger partial charge in [0.15, 0.2) is 5.13 Å². The second-order valence-corrected chi connectivity index (χ2v) is 9.12. The normalized spacial score (nSPS) is 20.4. The van der Waals surface area contributed by atoms with E-state index in [9.17, 15) is 18.0 Å². The quantitative estimate of drug-likeness (QED) is 0.644. The molecule has 30 heavy (non-hydrogen) atoms. The molecule has 0 aliphatic carbocycles. The van der Waals surface area contributed by atoms with Crippen LogP contribution >= 0.6 is 22.9 Å². The highest BCUT2D eigenvalue weighted by Crippen LogP contribution is 2.40. The summed E-state index contributed by atoms with van der Waals surface area (Å²) >= 11 is 7.03. The van der Waals surface area contributed by atoms with Gasteiger partial charge >= 0.3 is 6.18 Å². The summed E-state index contributed by atoms with van der Waals surface area (Å²) in [7, 11) is 1.68. The minimum absolute atomic E-state index is 0.271. The second-order valence-electron chi connectivity index (χ2n) is 7.63. The minimum Gasteiger partial charge on any atom is -0.377 e. The maximum atomic E-state index is 13.3. The van der Waals surface area contributed by atoms with Crippen LogP contribution in [0.3, 0.4) is 0 Å². The van der Waals surface area contributed by atoms with Gasteiger partial charge in [0.2, 0.25) is 5.91 Å². The van der Waals surface area contributed by atoms with Crippen LogP contribution in [-0.4, -0.2) is 41.6 Å². The highest BCUT2D eigenvalue weighted by Gasteiger charge is 2.34. The summed E-state index contributed by atoms with van der Waals surface area (Å²) in [4.78, 5) is 18.9. The zero-order chi connectivity index (χ0) is 22.1. The van der Waals surface area contributed by atoms with E-state index < -0.39 is 11.7 Å². The smallest absolute Gasteiger partial charge is 0.377 e. The van der Waals surface area contributed by atoms with Gasteiger partial charge in [-0.25, -0.2) is 4.98 Å². The number of likely N-dealkylation sites (tertiary alicyclic amines) is 1. The van der Waals surface area contributed by atoms with Crippen molar-refractivity contribution in [3.63, 3.8) is 0 Å². The molecule has 1 atom stereocenters. The maximum absolute atomic E-state index is 13.3. The van der Waals surface area contributed by atoms with Gasteiger partial charge in [0.05, 0.1) is 21.9 Å². The Kier molecular flexibility index (Phi) is 6.76. The number of anilines is 1. The molecule has 1 saturated heterocycles. The van der Waals surface area contributed by atoms with Crippen LogP contribution in [-0.2, 0) is 22.3 Å². The van der Waals surface area contributed by atoms with Gasteiger partial charge in [0.25, 0.3) is 0 Å². The van der Waals surface area contributed by atoms with Crippen molar-refractivity contribution in [2.75, 3.05) is 25.5 Å². The number of hydrogen-bond acceptors (Lipinski definition) is 5. The topological polar surface area (TPSA) is 54.5 Å². The van der Waals surface area contributed by atoms with Gasteiger partial charge in [0.1, 0.15) is 0 Å². The summed E-state index contributed by atoms with van der Waals surface area (Å²) in [5.41, 5.74) is -0.462. The molecule has 2 heterocycles. The Morgan fingerprint density at radius 1 is 1.43 bits per heavy atom. The summed E-state index contributed by atoms with van der Waals surface area (Å²) in [5.74, 6) is -0.293. The number of rotatable bonds is 5. The Morgan fingerprint density at radius 3 is 2.80 bits per heavy atom. The second kappa shape index (κ2) is 8.82. The number of hydrogen-bond donors (Lipinski definition) is 1. The van der Waals surface area contributed by atoms with Crippen LogP contribution in [0.25, 0.3) is 11.3 Å². The fourth-order valence-electron chi connectivity index (χ4n) is 3.59. The summed E-state index contributed by atoms with van der Waals surface area (Å²) < 4.78 is 45.6. The Bertz CT molecular complexity index is 935. The number of alkyl halides is 3. The van der Waals surface area contributed by atoms with Crippen LogP contribution < -0.4 is 5.32 Å². The lowest BCUT2D eigenvalue weighted by Gasteiger charge is -2.39. The Labute approximate surface area is 182 Å². The first-order chi connectivity index (χ1) is 14.0. The minimum atomic E-state index is -4.57. The molecule has 3 rings (SSSR count). The van der Waals surface area contributed by atoms with Crippen molar-refractivity contribution < 1.29 is 22.7 Å². The number of thiazole rings is 1. The average molecular weight is 462 g/mol. The van der Waals surface area contributed by atoms with E-state index in [1.54, 1.807) is 7.11 Å². The van der Waals surface area contributed by atoms with Crippen LogP contribution in [0.2, 0.25) is 5.02 Å². The molecule has 10 heteroatoms. The largest absolute Gasteiger partial charge is 0.417 e. The summed E-state index contributed by atoms with van der Waals surface area (Å²) in [6.45, 7) is 5.45. The number of nitrogens with zero attached hydrogens (tertiary/aromatic N) is 2. The van der Waals surface area contributed by atoms with Crippen LogP contribution in [0.15, 0.2) is 18.2 Å². The standard InChI is InChI=1S/C20H23ClF3N3O2S/c1-12(28)25-18-26-17(13-5-6-15(21)14(9-13)20(22,23)24)16(30-18)10-27-8-4-7-19(2,11-27)29-3/h5-6,9H,4,7-8,10-11H2,1-3H3,(H,25,26,28). The predicted molar refractivity (Wildman–Crippen MR) is 112 cm³/mol. The number of halogens is 4.